The minimum Gasteiger partial charge on any atom is -0.493 e. The number of benzene rings is 2. The molecule has 0 saturated heterocycles. The van der Waals surface area contributed by atoms with E-state index in [-0.39, 0.29) is 10.7 Å². The van der Waals surface area contributed by atoms with Gasteiger partial charge in [-0.2, -0.15) is 0 Å². The van der Waals surface area contributed by atoms with Crippen molar-refractivity contribution in [2.75, 3.05) is 18.9 Å². The van der Waals surface area contributed by atoms with Crippen LogP contribution in [0.4, 0.5) is 5.82 Å². The molecule has 0 aliphatic heterocycles. The third kappa shape index (κ3) is 3.45. The Morgan fingerprint density at radius 2 is 1.76 bits per heavy atom. The number of halogens is 1. The Morgan fingerprint density at radius 1 is 1.04 bits per heavy atom. The van der Waals surface area contributed by atoms with Crippen molar-refractivity contribution in [1.82, 2.24) is 9.97 Å². The molecule has 0 saturated carbocycles. The predicted octanol–water partition coefficient (Wildman–Crippen LogP) is 3.10. The van der Waals surface area contributed by atoms with Crippen molar-refractivity contribution in [2.24, 2.45) is 0 Å². The molecule has 0 spiro atoms. The van der Waals surface area contributed by atoms with Gasteiger partial charge in [-0.05, 0) is 24.3 Å². The molecule has 3 rings (SSSR count). The van der Waals surface area contributed by atoms with Crippen molar-refractivity contribution in [3.05, 3.63) is 47.7 Å². The number of nitrogens with one attached hydrogen (secondary N) is 1. The number of ether oxygens (including phenoxy) is 2. The second-order valence-corrected chi connectivity index (χ2v) is 7.13. The van der Waals surface area contributed by atoms with Gasteiger partial charge in [-0.25, -0.2) is 18.4 Å². The Morgan fingerprint density at radius 3 is 2.44 bits per heavy atom. The van der Waals surface area contributed by atoms with Crippen LogP contribution < -0.4 is 14.2 Å². The summed E-state index contributed by atoms with van der Waals surface area (Å²) in [6.45, 7) is 0. The lowest BCUT2D eigenvalue weighted by molar-refractivity contribution is 0.356. The maximum atomic E-state index is 12.6. The number of anilines is 1. The van der Waals surface area contributed by atoms with E-state index in [1.54, 1.807) is 24.3 Å². The lowest BCUT2D eigenvalue weighted by Crippen LogP contribution is -2.14. The van der Waals surface area contributed by atoms with Gasteiger partial charge in [0, 0.05) is 16.5 Å². The fourth-order valence-electron chi connectivity index (χ4n) is 2.28. The summed E-state index contributed by atoms with van der Waals surface area (Å²) in [5.74, 6) is 1.05. The van der Waals surface area contributed by atoms with E-state index in [1.807, 2.05) is 0 Å². The standard InChI is InChI=1S/C16H14ClN3O4S/c1-23-14-7-12-13(8-15(14)24-2)18-9-19-16(12)20-25(21,22)11-5-3-4-10(17)6-11/h3-9H,1-2H3,(H,18,19,20). The van der Waals surface area contributed by atoms with Crippen LogP contribution in [0, 0.1) is 0 Å². The molecule has 0 radical (unpaired) electrons. The molecule has 7 nitrogen and oxygen atoms in total. The zero-order chi connectivity index (χ0) is 18.0. The van der Waals surface area contributed by atoms with E-state index in [4.69, 9.17) is 21.1 Å². The molecule has 25 heavy (non-hydrogen) atoms. The van der Waals surface area contributed by atoms with Crippen LogP contribution in [0.25, 0.3) is 10.9 Å². The highest BCUT2D eigenvalue weighted by Gasteiger charge is 2.18. The molecule has 0 atom stereocenters. The third-order valence-electron chi connectivity index (χ3n) is 3.48. The number of aromatic nitrogens is 2. The largest absolute Gasteiger partial charge is 0.493 e. The van der Waals surface area contributed by atoms with Crippen molar-refractivity contribution in [3.63, 3.8) is 0 Å². The SMILES string of the molecule is COc1cc2ncnc(NS(=O)(=O)c3cccc(Cl)c3)c2cc1OC. The van der Waals surface area contributed by atoms with Crippen molar-refractivity contribution in [1.29, 1.82) is 0 Å². The number of rotatable bonds is 5. The van der Waals surface area contributed by atoms with Gasteiger partial charge in [0.2, 0.25) is 0 Å². The van der Waals surface area contributed by atoms with Crippen molar-refractivity contribution >= 4 is 38.3 Å². The zero-order valence-corrected chi connectivity index (χ0v) is 14.9. The van der Waals surface area contributed by atoms with Crippen LogP contribution in [-0.4, -0.2) is 32.6 Å². The highest BCUT2D eigenvalue weighted by Crippen LogP contribution is 2.34. The summed E-state index contributed by atoms with van der Waals surface area (Å²) in [5.41, 5.74) is 0.511. The molecule has 0 aliphatic rings. The summed E-state index contributed by atoms with van der Waals surface area (Å²) < 4.78 is 38.1. The first-order valence-corrected chi connectivity index (χ1v) is 8.96. The van der Waals surface area contributed by atoms with Gasteiger partial charge in [-0.1, -0.05) is 17.7 Å². The van der Waals surface area contributed by atoms with Crippen LogP contribution in [-0.2, 0) is 10.0 Å². The van der Waals surface area contributed by atoms with E-state index in [9.17, 15) is 8.42 Å². The Labute approximate surface area is 149 Å². The molecular formula is C16H14ClN3O4S. The van der Waals surface area contributed by atoms with E-state index in [0.29, 0.717) is 27.4 Å². The second kappa shape index (κ2) is 6.73. The quantitative estimate of drug-likeness (QED) is 0.732. The molecule has 1 heterocycles. The first-order valence-electron chi connectivity index (χ1n) is 7.09. The summed E-state index contributed by atoms with van der Waals surface area (Å²) in [5, 5.41) is 0.799. The van der Waals surface area contributed by atoms with Crippen LogP contribution in [0.1, 0.15) is 0 Å². The van der Waals surface area contributed by atoms with Crippen LogP contribution in [0.15, 0.2) is 47.6 Å². The first-order chi connectivity index (χ1) is 11.9. The summed E-state index contributed by atoms with van der Waals surface area (Å²) in [7, 11) is -0.862. The Hall–Kier alpha value is -2.58. The van der Waals surface area contributed by atoms with E-state index >= 15 is 0 Å². The van der Waals surface area contributed by atoms with E-state index < -0.39 is 10.0 Å². The van der Waals surface area contributed by atoms with Gasteiger partial charge in [0.25, 0.3) is 10.0 Å². The number of fused-ring (bicyclic) bond motifs is 1. The molecule has 0 amide bonds. The van der Waals surface area contributed by atoms with Crippen molar-refractivity contribution in [3.8, 4) is 11.5 Å². The lowest BCUT2D eigenvalue weighted by Gasteiger charge is -2.12. The molecular weight excluding hydrogens is 366 g/mol. The van der Waals surface area contributed by atoms with E-state index in [0.717, 1.165) is 0 Å². The molecule has 0 bridgehead atoms. The molecule has 130 valence electrons. The van der Waals surface area contributed by atoms with Gasteiger partial charge in [0.05, 0.1) is 24.6 Å². The fourth-order valence-corrected chi connectivity index (χ4v) is 3.61. The summed E-state index contributed by atoms with van der Waals surface area (Å²) in [4.78, 5) is 8.21. The molecule has 1 N–H and O–H groups in total. The van der Waals surface area contributed by atoms with Gasteiger partial charge in [-0.3, -0.25) is 4.72 Å². The highest BCUT2D eigenvalue weighted by molar-refractivity contribution is 7.92. The zero-order valence-electron chi connectivity index (χ0n) is 13.4. The van der Waals surface area contributed by atoms with Crippen LogP contribution in [0.3, 0.4) is 0 Å². The van der Waals surface area contributed by atoms with Gasteiger partial charge >= 0.3 is 0 Å². The fraction of sp³-hybridized carbons (Fsp3) is 0.125. The lowest BCUT2D eigenvalue weighted by atomic mass is 10.2. The molecule has 9 heteroatoms. The van der Waals surface area contributed by atoms with Crippen LogP contribution in [0.5, 0.6) is 11.5 Å². The van der Waals surface area contributed by atoms with Gasteiger partial charge in [0.1, 0.15) is 6.33 Å². The Bertz CT molecular complexity index is 1040. The molecule has 1 aromatic heterocycles. The highest BCUT2D eigenvalue weighted by atomic mass is 35.5. The van der Waals surface area contributed by atoms with Gasteiger partial charge < -0.3 is 9.47 Å². The smallest absolute Gasteiger partial charge is 0.263 e. The van der Waals surface area contributed by atoms with Gasteiger partial charge in [-0.15, -0.1) is 0 Å². The minimum absolute atomic E-state index is 0.0345. The average Bonchev–Trinajstić information content (AvgIpc) is 2.60. The Balaban J connectivity index is 2.10. The number of methoxy groups -OCH3 is 2. The summed E-state index contributed by atoms with van der Waals surface area (Å²) in [6, 6.07) is 9.22. The monoisotopic (exact) mass is 379 g/mol. The minimum atomic E-state index is -3.86. The van der Waals surface area contributed by atoms with Gasteiger partial charge in [0.15, 0.2) is 17.3 Å². The second-order valence-electron chi connectivity index (χ2n) is 5.01. The average molecular weight is 380 g/mol. The Kier molecular flexibility index (Phi) is 4.65. The predicted molar refractivity (Wildman–Crippen MR) is 94.9 cm³/mol. The molecule has 0 aliphatic carbocycles. The normalized spacial score (nSPS) is 11.3. The van der Waals surface area contributed by atoms with Crippen LogP contribution >= 0.6 is 11.6 Å². The van der Waals surface area contributed by atoms with E-state index in [1.165, 1.54) is 32.7 Å². The first kappa shape index (κ1) is 17.2. The van der Waals surface area contributed by atoms with Crippen molar-refractivity contribution < 1.29 is 17.9 Å². The number of hydrogen-bond donors (Lipinski definition) is 1. The molecule has 3 aromatic rings. The topological polar surface area (TPSA) is 90.4 Å². The molecule has 2 aromatic carbocycles. The summed E-state index contributed by atoms with van der Waals surface area (Å²) >= 11 is 5.87. The maximum absolute atomic E-state index is 12.6. The van der Waals surface area contributed by atoms with Crippen LogP contribution in [0.2, 0.25) is 5.02 Å². The van der Waals surface area contributed by atoms with E-state index in [2.05, 4.69) is 14.7 Å². The number of hydrogen-bond acceptors (Lipinski definition) is 6. The number of sulfonamides is 1. The number of nitrogens with zero attached hydrogens (tertiary/aromatic N) is 2. The molecule has 0 fully saturated rings. The molecule has 0 unspecified atom stereocenters. The third-order valence-corrected chi connectivity index (χ3v) is 5.05. The summed E-state index contributed by atoms with van der Waals surface area (Å²) in [6.07, 6.45) is 1.27. The maximum Gasteiger partial charge on any atom is 0.263 e. The van der Waals surface area contributed by atoms with Crippen molar-refractivity contribution in [2.45, 2.75) is 4.90 Å².